The van der Waals surface area contributed by atoms with E-state index in [-0.39, 0.29) is 17.7 Å². The van der Waals surface area contributed by atoms with Gasteiger partial charge in [-0.15, -0.1) is 0 Å². The topological polar surface area (TPSA) is 96.6 Å². The molecule has 1 heterocycles. The average molecular weight is 446 g/mol. The maximum Gasteiger partial charge on any atom is 0.237 e. The number of phenols is 1. The number of anilines is 1. The highest BCUT2D eigenvalue weighted by Crippen LogP contribution is 2.34. The quantitative estimate of drug-likeness (QED) is 0.426. The molecule has 3 aromatic rings. The molecule has 0 spiro atoms. The van der Waals surface area contributed by atoms with Gasteiger partial charge in [-0.3, -0.25) is 4.79 Å². The van der Waals surface area contributed by atoms with Gasteiger partial charge in [0.05, 0.1) is 12.1 Å². The Morgan fingerprint density at radius 1 is 1.18 bits per heavy atom. The van der Waals surface area contributed by atoms with Crippen LogP contribution in [0.4, 0.5) is 5.69 Å². The summed E-state index contributed by atoms with van der Waals surface area (Å²) >= 11 is 0. The fourth-order valence-corrected chi connectivity index (χ4v) is 4.40. The van der Waals surface area contributed by atoms with Gasteiger partial charge < -0.3 is 26.2 Å². The Bertz CT molecular complexity index is 1130. The van der Waals surface area contributed by atoms with Crippen LogP contribution in [-0.4, -0.2) is 23.6 Å². The second-order valence-corrected chi connectivity index (χ2v) is 8.51. The van der Waals surface area contributed by atoms with E-state index in [1.54, 1.807) is 12.1 Å². The van der Waals surface area contributed by atoms with Crippen molar-refractivity contribution in [2.24, 2.45) is 5.73 Å². The maximum atomic E-state index is 13.0. The van der Waals surface area contributed by atoms with Gasteiger partial charge in [-0.2, -0.15) is 0 Å². The Morgan fingerprint density at radius 2 is 1.97 bits per heavy atom. The van der Waals surface area contributed by atoms with Crippen molar-refractivity contribution in [3.05, 3.63) is 82.9 Å². The zero-order valence-electron chi connectivity index (χ0n) is 19.1. The number of hydrogen-bond acceptors (Lipinski definition) is 5. The Morgan fingerprint density at radius 3 is 2.73 bits per heavy atom. The molecule has 2 atom stereocenters. The largest absolute Gasteiger partial charge is 0.508 e. The Kier molecular flexibility index (Phi) is 6.84. The molecule has 0 radical (unpaired) electrons. The van der Waals surface area contributed by atoms with E-state index in [1.165, 1.54) is 0 Å². The number of benzene rings is 3. The van der Waals surface area contributed by atoms with Crippen molar-refractivity contribution in [1.82, 2.24) is 5.32 Å². The summed E-state index contributed by atoms with van der Waals surface area (Å²) in [4.78, 5) is 13.0. The third kappa shape index (κ3) is 5.29. The van der Waals surface area contributed by atoms with Gasteiger partial charge in [0.2, 0.25) is 5.91 Å². The van der Waals surface area contributed by atoms with Gasteiger partial charge in [0.1, 0.15) is 17.2 Å². The molecule has 1 amide bonds. The minimum absolute atomic E-state index is 0.148. The first kappa shape index (κ1) is 22.7. The monoisotopic (exact) mass is 445 g/mol. The third-order valence-corrected chi connectivity index (χ3v) is 6.13. The van der Waals surface area contributed by atoms with Gasteiger partial charge in [0.25, 0.3) is 0 Å². The molecule has 172 valence electrons. The average Bonchev–Trinajstić information content (AvgIpc) is 2.81. The highest BCUT2D eigenvalue weighted by atomic mass is 16.5. The predicted octanol–water partition coefficient (Wildman–Crippen LogP) is 4.60. The standard InChI is InChI=1S/C27H31N3O3/c1-3-18-14-19(31)13-17(2)22(18)16-24(28)27(32)30-26-11-12-29-25-10-9-21(15-23(25)26)33-20-7-5-4-6-8-20/h4-10,13-15,24,26,29,31H,3,11-12,16,28H2,1-2H3,(H,30,32)/t24-,26-/m0/s1. The van der Waals surface area contributed by atoms with Crippen LogP contribution in [0, 0.1) is 6.92 Å². The molecule has 0 unspecified atom stereocenters. The zero-order valence-corrected chi connectivity index (χ0v) is 19.1. The molecule has 0 aliphatic carbocycles. The molecule has 0 saturated heterocycles. The van der Waals surface area contributed by atoms with Gasteiger partial charge in [-0.25, -0.2) is 0 Å². The third-order valence-electron chi connectivity index (χ3n) is 6.13. The highest BCUT2D eigenvalue weighted by molar-refractivity contribution is 5.83. The van der Waals surface area contributed by atoms with Gasteiger partial charge >= 0.3 is 0 Å². The molecule has 1 aliphatic heterocycles. The van der Waals surface area contributed by atoms with Crippen LogP contribution in [0.25, 0.3) is 0 Å². The summed E-state index contributed by atoms with van der Waals surface area (Å²) in [6.07, 6.45) is 1.96. The number of aromatic hydroxyl groups is 1. The minimum atomic E-state index is -0.680. The summed E-state index contributed by atoms with van der Waals surface area (Å²) in [7, 11) is 0. The summed E-state index contributed by atoms with van der Waals surface area (Å²) in [5.74, 6) is 1.54. The summed E-state index contributed by atoms with van der Waals surface area (Å²) in [5.41, 5.74) is 11.3. The lowest BCUT2D eigenvalue weighted by Gasteiger charge is -2.29. The van der Waals surface area contributed by atoms with Gasteiger partial charge in [0, 0.05) is 17.8 Å². The lowest BCUT2D eigenvalue weighted by molar-refractivity contribution is -0.123. The van der Waals surface area contributed by atoms with Crippen molar-refractivity contribution in [2.75, 3.05) is 11.9 Å². The molecule has 0 saturated carbocycles. The van der Waals surface area contributed by atoms with E-state index in [4.69, 9.17) is 10.5 Å². The Labute approximate surface area is 194 Å². The SMILES string of the molecule is CCc1cc(O)cc(C)c1C[C@H](N)C(=O)N[C@H]1CCNc2ccc(Oc3ccccc3)cc21. The first-order chi connectivity index (χ1) is 15.9. The van der Waals surface area contributed by atoms with Gasteiger partial charge in [0.15, 0.2) is 0 Å². The van der Waals surface area contributed by atoms with E-state index >= 15 is 0 Å². The predicted molar refractivity (Wildman–Crippen MR) is 131 cm³/mol. The molecule has 5 N–H and O–H groups in total. The molecule has 1 aliphatic rings. The fourth-order valence-electron chi connectivity index (χ4n) is 4.40. The molecule has 0 fully saturated rings. The Hall–Kier alpha value is -3.51. The van der Waals surface area contributed by atoms with Crippen LogP contribution >= 0.6 is 0 Å². The van der Waals surface area contributed by atoms with E-state index in [1.807, 2.05) is 62.4 Å². The number of carbonyl (C=O) groups excluding carboxylic acids is 1. The van der Waals surface area contributed by atoms with E-state index in [2.05, 4.69) is 10.6 Å². The molecule has 3 aromatic carbocycles. The van der Waals surface area contributed by atoms with Crippen LogP contribution in [0.2, 0.25) is 0 Å². The van der Waals surface area contributed by atoms with Crippen LogP contribution in [0.1, 0.15) is 41.6 Å². The van der Waals surface area contributed by atoms with E-state index in [0.717, 1.165) is 58.8 Å². The molecule has 33 heavy (non-hydrogen) atoms. The maximum absolute atomic E-state index is 13.0. The summed E-state index contributed by atoms with van der Waals surface area (Å²) in [6, 6.07) is 18.2. The lowest BCUT2D eigenvalue weighted by atomic mass is 9.93. The first-order valence-corrected chi connectivity index (χ1v) is 11.4. The first-order valence-electron chi connectivity index (χ1n) is 11.4. The van der Waals surface area contributed by atoms with Crippen molar-refractivity contribution in [1.29, 1.82) is 0 Å². The normalized spacial score (nSPS) is 15.8. The number of amides is 1. The smallest absolute Gasteiger partial charge is 0.237 e. The molecule has 0 aromatic heterocycles. The number of phenolic OH excluding ortho intramolecular Hbond substituents is 1. The highest BCUT2D eigenvalue weighted by Gasteiger charge is 2.25. The van der Waals surface area contributed by atoms with Crippen molar-refractivity contribution in [3.63, 3.8) is 0 Å². The summed E-state index contributed by atoms with van der Waals surface area (Å²) in [6.45, 7) is 4.74. The van der Waals surface area contributed by atoms with Crippen LogP contribution in [0.3, 0.4) is 0 Å². The molecule has 6 heteroatoms. The minimum Gasteiger partial charge on any atom is -0.508 e. The number of rotatable bonds is 7. The van der Waals surface area contributed by atoms with Crippen LogP contribution in [0.15, 0.2) is 60.7 Å². The second-order valence-electron chi connectivity index (χ2n) is 8.51. The number of nitrogens with two attached hydrogens (primary N) is 1. The number of hydrogen-bond donors (Lipinski definition) is 4. The molecular weight excluding hydrogens is 414 g/mol. The summed E-state index contributed by atoms with van der Waals surface area (Å²) < 4.78 is 5.99. The number of nitrogens with one attached hydrogen (secondary N) is 2. The van der Waals surface area contributed by atoms with E-state index in [9.17, 15) is 9.90 Å². The molecular formula is C27H31N3O3. The second kappa shape index (κ2) is 9.96. The van der Waals surface area contributed by atoms with Crippen molar-refractivity contribution in [3.8, 4) is 17.2 Å². The summed E-state index contributed by atoms with van der Waals surface area (Å²) in [5, 5.41) is 16.4. The Balaban J connectivity index is 1.48. The zero-order chi connectivity index (χ0) is 23.4. The number of fused-ring (bicyclic) bond motifs is 1. The van der Waals surface area contributed by atoms with Crippen LogP contribution in [0.5, 0.6) is 17.2 Å². The van der Waals surface area contributed by atoms with Crippen LogP contribution < -0.4 is 21.1 Å². The van der Waals surface area contributed by atoms with E-state index < -0.39 is 6.04 Å². The molecule has 0 bridgehead atoms. The van der Waals surface area contributed by atoms with Crippen LogP contribution in [-0.2, 0) is 17.6 Å². The number of carbonyl (C=O) groups is 1. The fraction of sp³-hybridized carbons (Fsp3) is 0.296. The lowest BCUT2D eigenvalue weighted by Crippen LogP contribution is -2.44. The number of aryl methyl sites for hydroxylation is 2. The van der Waals surface area contributed by atoms with Crippen molar-refractivity contribution in [2.45, 2.75) is 45.2 Å². The van der Waals surface area contributed by atoms with Gasteiger partial charge in [-0.1, -0.05) is 25.1 Å². The van der Waals surface area contributed by atoms with Crippen molar-refractivity contribution < 1.29 is 14.6 Å². The number of ether oxygens (including phenoxy) is 1. The van der Waals surface area contributed by atoms with E-state index in [0.29, 0.717) is 6.42 Å². The van der Waals surface area contributed by atoms with Gasteiger partial charge in [-0.05, 0) is 85.3 Å². The van der Waals surface area contributed by atoms with Crippen molar-refractivity contribution >= 4 is 11.6 Å². The molecule has 6 nitrogen and oxygen atoms in total. The molecule has 4 rings (SSSR count). The number of para-hydroxylation sites is 1.